The molecule has 1 fully saturated rings. The molecule has 3 N–H and O–H groups in total. The number of benzene rings is 2. The Morgan fingerprint density at radius 1 is 1.14 bits per heavy atom. The molecule has 6 nitrogen and oxygen atoms in total. The molecule has 0 saturated carbocycles. The second-order valence-corrected chi connectivity index (χ2v) is 6.66. The van der Waals surface area contributed by atoms with Crippen molar-refractivity contribution in [1.82, 2.24) is 10.2 Å². The molecule has 0 spiro atoms. The lowest BCUT2D eigenvalue weighted by Gasteiger charge is -2.37. The molecule has 0 atom stereocenters. The molecule has 2 aromatic rings. The number of nitrogens with zero attached hydrogens (tertiary/aromatic N) is 3. The lowest BCUT2D eigenvalue weighted by atomic mass is 10.1. The molecule has 0 radical (unpaired) electrons. The first-order valence-electron chi connectivity index (χ1n) is 9.50. The van der Waals surface area contributed by atoms with Crippen LogP contribution in [0.1, 0.15) is 22.8 Å². The van der Waals surface area contributed by atoms with Crippen LogP contribution in [0.4, 0.5) is 10.1 Å². The molecule has 28 heavy (non-hydrogen) atoms. The number of carbonyl (C=O) groups is 1. The van der Waals surface area contributed by atoms with E-state index in [-0.39, 0.29) is 5.82 Å². The zero-order chi connectivity index (χ0) is 19.9. The van der Waals surface area contributed by atoms with Gasteiger partial charge in [0.2, 0.25) is 5.91 Å². The van der Waals surface area contributed by atoms with E-state index in [2.05, 4.69) is 15.1 Å². The molecule has 0 aromatic heterocycles. The first kappa shape index (κ1) is 19.7. The Bertz CT molecular complexity index is 846. The van der Waals surface area contributed by atoms with E-state index in [0.717, 1.165) is 44.2 Å². The zero-order valence-corrected chi connectivity index (χ0v) is 16.1. The van der Waals surface area contributed by atoms with Gasteiger partial charge in [-0.15, -0.1) is 0 Å². The molecule has 0 unspecified atom stereocenters. The summed E-state index contributed by atoms with van der Waals surface area (Å²) in [6, 6.07) is 14.1. The fourth-order valence-electron chi connectivity index (χ4n) is 3.28. The summed E-state index contributed by atoms with van der Waals surface area (Å²) in [5.74, 6) is 0.188. The average molecular weight is 383 g/mol. The van der Waals surface area contributed by atoms with E-state index in [1.807, 2.05) is 31.2 Å². The van der Waals surface area contributed by atoms with Crippen LogP contribution in [0.15, 0.2) is 53.5 Å². The highest BCUT2D eigenvalue weighted by atomic mass is 19.1. The summed E-state index contributed by atoms with van der Waals surface area (Å²) in [6.45, 7) is 6.19. The lowest BCUT2D eigenvalue weighted by Crippen LogP contribution is -2.52. The van der Waals surface area contributed by atoms with Crippen molar-refractivity contribution >= 4 is 17.6 Å². The van der Waals surface area contributed by atoms with Gasteiger partial charge in [-0.3, -0.25) is 4.79 Å². The Labute approximate surface area is 164 Å². The summed E-state index contributed by atoms with van der Waals surface area (Å²) in [6.07, 6.45) is 0. The predicted octanol–water partition coefficient (Wildman–Crippen LogP) is 2.21. The normalized spacial score (nSPS) is 14.9. The van der Waals surface area contributed by atoms with Crippen molar-refractivity contribution in [3.63, 3.8) is 0 Å². The van der Waals surface area contributed by atoms with E-state index in [4.69, 9.17) is 10.7 Å². The molecule has 1 aliphatic heterocycles. The van der Waals surface area contributed by atoms with Gasteiger partial charge in [-0.25, -0.2) is 9.38 Å². The highest BCUT2D eigenvalue weighted by molar-refractivity contribution is 5.92. The summed E-state index contributed by atoms with van der Waals surface area (Å²) in [7, 11) is 0. The number of para-hydroxylation sites is 1. The number of primary amides is 1. The quantitative estimate of drug-likeness (QED) is 0.613. The Hall–Kier alpha value is -3.09. The summed E-state index contributed by atoms with van der Waals surface area (Å²) < 4.78 is 14.0. The molecule has 1 saturated heterocycles. The third-order valence-corrected chi connectivity index (χ3v) is 4.73. The van der Waals surface area contributed by atoms with E-state index >= 15 is 0 Å². The van der Waals surface area contributed by atoms with Crippen molar-refractivity contribution in [2.45, 2.75) is 13.5 Å². The number of amides is 1. The number of hydrogen-bond donors (Lipinski definition) is 2. The maximum Gasteiger partial charge on any atom is 0.248 e. The number of rotatable bonds is 5. The monoisotopic (exact) mass is 383 g/mol. The summed E-state index contributed by atoms with van der Waals surface area (Å²) in [5, 5.41) is 3.32. The van der Waals surface area contributed by atoms with Gasteiger partial charge in [0, 0.05) is 38.3 Å². The minimum absolute atomic E-state index is 0.189. The molecule has 1 aliphatic rings. The van der Waals surface area contributed by atoms with Gasteiger partial charge in [0.25, 0.3) is 0 Å². The van der Waals surface area contributed by atoms with Crippen LogP contribution in [0.2, 0.25) is 0 Å². The number of aliphatic imine (C=N–C) groups is 1. The Balaban J connectivity index is 1.66. The number of guanidine groups is 1. The molecule has 2 aromatic carbocycles. The third kappa shape index (κ3) is 4.79. The molecular weight excluding hydrogens is 357 g/mol. The van der Waals surface area contributed by atoms with Gasteiger partial charge >= 0.3 is 0 Å². The number of carbonyl (C=O) groups excluding carboxylic acids is 1. The molecule has 7 heteroatoms. The van der Waals surface area contributed by atoms with Gasteiger partial charge in [-0.05, 0) is 36.8 Å². The number of anilines is 1. The average Bonchev–Trinajstić information content (AvgIpc) is 2.72. The van der Waals surface area contributed by atoms with Crippen LogP contribution in [0.25, 0.3) is 0 Å². The Kier molecular flexibility index (Phi) is 6.47. The van der Waals surface area contributed by atoms with Gasteiger partial charge in [0.05, 0.1) is 12.2 Å². The number of halogens is 1. The maximum absolute atomic E-state index is 14.0. The SMILES string of the molecule is CCNC(=NCc1cccc(C(N)=O)c1)N1CCN(c2ccccc2F)CC1. The number of hydrogen-bond acceptors (Lipinski definition) is 3. The second-order valence-electron chi connectivity index (χ2n) is 6.66. The fraction of sp³-hybridized carbons (Fsp3) is 0.333. The summed E-state index contributed by atoms with van der Waals surface area (Å²) in [4.78, 5) is 20.3. The fourth-order valence-corrected chi connectivity index (χ4v) is 3.28. The van der Waals surface area contributed by atoms with Crippen molar-refractivity contribution < 1.29 is 9.18 Å². The molecular formula is C21H26FN5O. The first-order valence-corrected chi connectivity index (χ1v) is 9.50. The predicted molar refractivity (Wildman–Crippen MR) is 110 cm³/mol. The summed E-state index contributed by atoms with van der Waals surface area (Å²) >= 11 is 0. The highest BCUT2D eigenvalue weighted by Crippen LogP contribution is 2.20. The van der Waals surface area contributed by atoms with Crippen LogP contribution in [0.3, 0.4) is 0 Å². The van der Waals surface area contributed by atoms with Crippen molar-refractivity contribution in [2.24, 2.45) is 10.7 Å². The Morgan fingerprint density at radius 2 is 1.89 bits per heavy atom. The van der Waals surface area contributed by atoms with E-state index in [1.54, 1.807) is 18.2 Å². The van der Waals surface area contributed by atoms with Gasteiger partial charge in [0.1, 0.15) is 5.82 Å². The molecule has 1 heterocycles. The Morgan fingerprint density at radius 3 is 2.57 bits per heavy atom. The van der Waals surface area contributed by atoms with E-state index < -0.39 is 5.91 Å². The maximum atomic E-state index is 14.0. The van der Waals surface area contributed by atoms with Gasteiger partial charge < -0.3 is 20.9 Å². The minimum atomic E-state index is -0.443. The van der Waals surface area contributed by atoms with Gasteiger partial charge in [-0.1, -0.05) is 24.3 Å². The first-order chi connectivity index (χ1) is 13.6. The van der Waals surface area contributed by atoms with Crippen molar-refractivity contribution in [3.8, 4) is 0 Å². The van der Waals surface area contributed by atoms with E-state index in [9.17, 15) is 9.18 Å². The molecule has 1 amide bonds. The van der Waals surface area contributed by atoms with E-state index in [1.165, 1.54) is 6.07 Å². The van der Waals surface area contributed by atoms with Gasteiger partial charge in [0.15, 0.2) is 5.96 Å². The van der Waals surface area contributed by atoms with Gasteiger partial charge in [-0.2, -0.15) is 0 Å². The largest absolute Gasteiger partial charge is 0.366 e. The highest BCUT2D eigenvalue weighted by Gasteiger charge is 2.21. The van der Waals surface area contributed by atoms with Crippen LogP contribution in [0.5, 0.6) is 0 Å². The van der Waals surface area contributed by atoms with Crippen molar-refractivity contribution in [2.75, 3.05) is 37.6 Å². The van der Waals surface area contributed by atoms with E-state index in [0.29, 0.717) is 17.8 Å². The molecule has 0 bridgehead atoms. The number of nitrogens with two attached hydrogens (primary N) is 1. The van der Waals surface area contributed by atoms with Crippen LogP contribution >= 0.6 is 0 Å². The van der Waals surface area contributed by atoms with Crippen molar-refractivity contribution in [1.29, 1.82) is 0 Å². The third-order valence-electron chi connectivity index (χ3n) is 4.73. The minimum Gasteiger partial charge on any atom is -0.366 e. The van der Waals surface area contributed by atoms with Crippen LogP contribution in [-0.4, -0.2) is 49.5 Å². The number of nitrogens with one attached hydrogen (secondary N) is 1. The second kappa shape index (κ2) is 9.21. The lowest BCUT2D eigenvalue weighted by molar-refractivity contribution is 0.1000. The molecule has 3 rings (SSSR count). The van der Waals surface area contributed by atoms with Crippen molar-refractivity contribution in [3.05, 3.63) is 65.5 Å². The smallest absolute Gasteiger partial charge is 0.248 e. The van der Waals surface area contributed by atoms with Crippen LogP contribution in [-0.2, 0) is 6.54 Å². The van der Waals surface area contributed by atoms with Crippen LogP contribution < -0.4 is 16.0 Å². The van der Waals surface area contributed by atoms with Crippen LogP contribution in [0, 0.1) is 5.82 Å². The number of piperazine rings is 1. The molecule has 148 valence electrons. The zero-order valence-electron chi connectivity index (χ0n) is 16.1. The molecule has 0 aliphatic carbocycles. The summed E-state index contributed by atoms with van der Waals surface area (Å²) in [5.41, 5.74) is 7.40. The topological polar surface area (TPSA) is 74.0 Å². The standard InChI is InChI=1S/C21H26FN5O/c1-2-24-21(25-15-16-6-5-7-17(14-16)20(23)28)27-12-10-26(11-13-27)19-9-4-3-8-18(19)22/h3-9,14H,2,10-13,15H2,1H3,(H2,23,28)(H,24,25).